The van der Waals surface area contributed by atoms with Gasteiger partial charge in [0.2, 0.25) is 0 Å². The summed E-state index contributed by atoms with van der Waals surface area (Å²) in [5.74, 6) is -0.167. The van der Waals surface area contributed by atoms with Crippen LogP contribution in [0.25, 0.3) is 10.4 Å². The van der Waals surface area contributed by atoms with Gasteiger partial charge in [-0.2, -0.15) is 0 Å². The Morgan fingerprint density at radius 1 is 1.15 bits per heavy atom. The Morgan fingerprint density at radius 3 is 2.61 bits per heavy atom. The van der Waals surface area contributed by atoms with Crippen molar-refractivity contribution in [2.75, 3.05) is 20.3 Å². The number of nitrogens with zero attached hydrogens (tertiary/aromatic N) is 3. The third-order valence-electron chi connectivity index (χ3n) is 5.88. The molecule has 0 saturated carbocycles. The molecule has 0 bridgehead atoms. The number of benzene rings is 1. The molecule has 33 heavy (non-hydrogen) atoms. The van der Waals surface area contributed by atoms with Gasteiger partial charge in [-0.25, -0.2) is 0 Å². The van der Waals surface area contributed by atoms with E-state index in [4.69, 9.17) is 24.5 Å². The second-order valence-electron chi connectivity index (χ2n) is 8.22. The van der Waals surface area contributed by atoms with Gasteiger partial charge in [0.25, 0.3) is 0 Å². The average molecular weight is 464 g/mol. The summed E-state index contributed by atoms with van der Waals surface area (Å²) in [7, 11) is 1.40. The molecule has 1 aromatic carbocycles. The van der Waals surface area contributed by atoms with Gasteiger partial charge in [0.1, 0.15) is 18.2 Å². The second-order valence-corrected chi connectivity index (χ2v) is 8.22. The highest BCUT2D eigenvalue weighted by molar-refractivity contribution is 5.68. The van der Waals surface area contributed by atoms with Crippen LogP contribution in [0.2, 0.25) is 0 Å². The molecule has 1 aromatic rings. The summed E-state index contributed by atoms with van der Waals surface area (Å²) in [4.78, 5) is 14.0. The Labute approximate surface area is 193 Å². The van der Waals surface area contributed by atoms with Gasteiger partial charge in [0.05, 0.1) is 19.8 Å². The van der Waals surface area contributed by atoms with Gasteiger partial charge in [-0.1, -0.05) is 61.1 Å². The summed E-state index contributed by atoms with van der Waals surface area (Å²) >= 11 is 0. The van der Waals surface area contributed by atoms with Crippen molar-refractivity contribution >= 4 is 5.97 Å². The number of aliphatic hydroxyl groups excluding tert-OH is 1. The van der Waals surface area contributed by atoms with Crippen LogP contribution >= 0.6 is 0 Å². The monoisotopic (exact) mass is 463 g/mol. The highest BCUT2D eigenvalue weighted by atomic mass is 16.7. The molecular formula is C23H33N3O7. The molecular weight excluding hydrogens is 430 g/mol. The van der Waals surface area contributed by atoms with Crippen molar-refractivity contribution in [1.29, 1.82) is 0 Å². The standard InChI is InChI=1S/C23H33N3O7/c1-29-18(27)13-9-4-2-3-5-10-14-30-23-19(25-26-24)20(28)21-17(32-23)15-31-22(33-21)16-11-7-6-8-12-16/h6-8,11-12,17,19-23,28H,2-5,9-10,13-15H2,1H3/t17-,19-,20-,21-,22?,23-/m1/s1. The van der Waals surface area contributed by atoms with Crippen LogP contribution in [-0.4, -0.2) is 62.0 Å². The molecule has 3 rings (SSSR count). The highest BCUT2D eigenvalue weighted by Crippen LogP contribution is 2.35. The molecule has 2 aliphatic rings. The summed E-state index contributed by atoms with van der Waals surface area (Å²) in [6.45, 7) is 0.651. The van der Waals surface area contributed by atoms with Crippen molar-refractivity contribution in [2.45, 2.75) is 81.9 Å². The van der Waals surface area contributed by atoms with Crippen molar-refractivity contribution in [1.82, 2.24) is 0 Å². The minimum absolute atomic E-state index is 0.167. The van der Waals surface area contributed by atoms with Crippen LogP contribution < -0.4 is 0 Å². The van der Waals surface area contributed by atoms with Crippen molar-refractivity contribution in [3.8, 4) is 0 Å². The average Bonchev–Trinajstić information content (AvgIpc) is 2.85. The van der Waals surface area contributed by atoms with E-state index in [-0.39, 0.29) is 12.6 Å². The Hall–Kier alpha value is -2.20. The van der Waals surface area contributed by atoms with Gasteiger partial charge in [-0.15, -0.1) is 0 Å². The highest BCUT2D eigenvalue weighted by Gasteiger charge is 2.49. The van der Waals surface area contributed by atoms with E-state index in [0.29, 0.717) is 13.0 Å². The maximum Gasteiger partial charge on any atom is 0.305 e. The number of carbonyl (C=O) groups excluding carboxylic acids is 1. The molecule has 0 radical (unpaired) electrons. The Balaban J connectivity index is 1.42. The fourth-order valence-electron chi connectivity index (χ4n) is 4.06. The normalized spacial score (nSPS) is 29.0. The molecule has 2 saturated heterocycles. The van der Waals surface area contributed by atoms with Gasteiger partial charge in [-0.05, 0) is 18.4 Å². The number of azide groups is 1. The van der Waals surface area contributed by atoms with E-state index < -0.39 is 36.9 Å². The molecule has 182 valence electrons. The van der Waals surface area contributed by atoms with E-state index in [1.165, 1.54) is 7.11 Å². The number of fused-ring (bicyclic) bond motifs is 1. The number of hydrogen-bond acceptors (Lipinski definition) is 8. The van der Waals surface area contributed by atoms with E-state index in [0.717, 1.165) is 44.1 Å². The van der Waals surface area contributed by atoms with Crippen LogP contribution in [0.5, 0.6) is 0 Å². The van der Waals surface area contributed by atoms with Crippen LogP contribution in [0, 0.1) is 0 Å². The minimum Gasteiger partial charge on any atom is -0.469 e. The maximum atomic E-state index is 11.1. The number of esters is 1. The summed E-state index contributed by atoms with van der Waals surface area (Å²) in [6.07, 6.45) is 2.36. The molecule has 0 aliphatic carbocycles. The second kappa shape index (κ2) is 13.5. The van der Waals surface area contributed by atoms with Gasteiger partial charge in [-0.3, -0.25) is 4.79 Å². The lowest BCUT2D eigenvalue weighted by Gasteiger charge is -2.46. The SMILES string of the molecule is COC(=O)CCCCCCCCO[C@@H]1O[C@@H]2COC(c3ccccc3)O[C@H]2[C@H](O)[C@H]1N=[N+]=[N-]. The first kappa shape index (κ1) is 25.4. The quantitative estimate of drug-likeness (QED) is 0.164. The Morgan fingerprint density at radius 2 is 1.88 bits per heavy atom. The van der Waals surface area contributed by atoms with E-state index in [2.05, 4.69) is 14.8 Å². The zero-order valence-corrected chi connectivity index (χ0v) is 19.0. The summed E-state index contributed by atoms with van der Waals surface area (Å²) in [5.41, 5.74) is 9.82. The Kier molecular flexibility index (Phi) is 10.4. The molecule has 1 unspecified atom stereocenters. The number of unbranched alkanes of at least 4 members (excludes halogenated alkanes) is 5. The predicted octanol–water partition coefficient (Wildman–Crippen LogP) is 3.79. The number of ether oxygens (including phenoxy) is 5. The summed E-state index contributed by atoms with van der Waals surface area (Å²) in [6, 6.07) is 8.53. The first-order chi connectivity index (χ1) is 16.1. The molecule has 2 fully saturated rings. The van der Waals surface area contributed by atoms with E-state index in [1.54, 1.807) is 0 Å². The number of methoxy groups -OCH3 is 1. The molecule has 6 atom stereocenters. The molecule has 10 nitrogen and oxygen atoms in total. The first-order valence-electron chi connectivity index (χ1n) is 11.5. The van der Waals surface area contributed by atoms with Crippen LogP contribution in [-0.2, 0) is 28.5 Å². The van der Waals surface area contributed by atoms with Gasteiger partial charge < -0.3 is 28.8 Å². The third kappa shape index (κ3) is 7.40. The van der Waals surface area contributed by atoms with E-state index in [1.807, 2.05) is 30.3 Å². The lowest BCUT2D eigenvalue weighted by atomic mass is 9.96. The van der Waals surface area contributed by atoms with Crippen LogP contribution in [0.15, 0.2) is 35.4 Å². The summed E-state index contributed by atoms with van der Waals surface area (Å²) in [5, 5.41) is 14.6. The van der Waals surface area contributed by atoms with Crippen LogP contribution in [0.4, 0.5) is 0 Å². The zero-order valence-electron chi connectivity index (χ0n) is 19.0. The molecule has 1 N–H and O–H groups in total. The molecule has 0 amide bonds. The first-order valence-corrected chi connectivity index (χ1v) is 11.5. The zero-order chi connectivity index (χ0) is 23.5. The third-order valence-corrected chi connectivity index (χ3v) is 5.88. The topological polar surface area (TPSA) is 132 Å². The number of carbonyl (C=O) groups is 1. The molecule has 2 aliphatic heterocycles. The van der Waals surface area contributed by atoms with Crippen LogP contribution in [0.1, 0.15) is 56.8 Å². The number of hydrogen-bond donors (Lipinski definition) is 1. The lowest BCUT2D eigenvalue weighted by Crippen LogP contribution is -2.61. The van der Waals surface area contributed by atoms with Crippen molar-refractivity contribution in [2.24, 2.45) is 5.11 Å². The van der Waals surface area contributed by atoms with Crippen molar-refractivity contribution in [3.63, 3.8) is 0 Å². The lowest BCUT2D eigenvalue weighted by molar-refractivity contribution is -0.341. The van der Waals surface area contributed by atoms with Crippen molar-refractivity contribution < 1.29 is 33.6 Å². The van der Waals surface area contributed by atoms with Gasteiger partial charge >= 0.3 is 5.97 Å². The molecule has 10 heteroatoms. The largest absolute Gasteiger partial charge is 0.469 e. The molecule has 0 aromatic heterocycles. The van der Waals surface area contributed by atoms with Crippen molar-refractivity contribution in [3.05, 3.63) is 46.3 Å². The molecule has 0 spiro atoms. The fourth-order valence-corrected chi connectivity index (χ4v) is 4.06. The molecule has 2 heterocycles. The van der Waals surface area contributed by atoms with Crippen LogP contribution in [0.3, 0.4) is 0 Å². The smallest absolute Gasteiger partial charge is 0.305 e. The predicted molar refractivity (Wildman–Crippen MR) is 118 cm³/mol. The van der Waals surface area contributed by atoms with E-state index in [9.17, 15) is 9.90 Å². The maximum absolute atomic E-state index is 11.1. The minimum atomic E-state index is -1.07. The van der Waals surface area contributed by atoms with Gasteiger partial charge in [0, 0.05) is 23.5 Å². The van der Waals surface area contributed by atoms with E-state index >= 15 is 0 Å². The summed E-state index contributed by atoms with van der Waals surface area (Å²) < 4.78 is 28.2. The number of aliphatic hydroxyl groups is 1. The Bertz CT molecular complexity index is 775. The van der Waals surface area contributed by atoms with Gasteiger partial charge in [0.15, 0.2) is 12.6 Å². The number of rotatable bonds is 12. The fraction of sp³-hybridized carbons (Fsp3) is 0.696.